The van der Waals surface area contributed by atoms with Gasteiger partial charge in [0, 0.05) is 10.8 Å². The molecular formula is C8H9NaO3S. The maximum atomic E-state index is 10.1. The SMILES string of the molecule is O=C([O-])CCC(O)c1cccs1.[Na+]. The number of hydrogen-bond acceptors (Lipinski definition) is 4. The first kappa shape index (κ1) is 13.1. The van der Waals surface area contributed by atoms with Gasteiger partial charge < -0.3 is 15.0 Å². The molecule has 0 spiro atoms. The van der Waals surface area contributed by atoms with E-state index >= 15 is 0 Å². The fourth-order valence-electron chi connectivity index (χ4n) is 0.878. The smallest absolute Gasteiger partial charge is 0.550 e. The van der Waals surface area contributed by atoms with E-state index in [1.807, 2.05) is 11.4 Å². The van der Waals surface area contributed by atoms with Crippen LogP contribution in [0.2, 0.25) is 0 Å². The van der Waals surface area contributed by atoms with Crippen LogP contribution in [-0.2, 0) is 4.79 Å². The number of aliphatic hydroxyl groups is 1. The number of carboxylic acids is 1. The number of aliphatic carboxylic acids is 1. The van der Waals surface area contributed by atoms with Crippen LogP contribution in [0.4, 0.5) is 0 Å². The Labute approximate surface area is 103 Å². The molecule has 0 fully saturated rings. The monoisotopic (exact) mass is 208 g/mol. The first-order valence-electron chi connectivity index (χ1n) is 3.61. The number of thiophene rings is 1. The molecule has 0 aromatic carbocycles. The average molecular weight is 208 g/mol. The summed E-state index contributed by atoms with van der Waals surface area (Å²) in [5, 5.41) is 21.3. The molecule has 13 heavy (non-hydrogen) atoms. The molecule has 1 rings (SSSR count). The van der Waals surface area contributed by atoms with E-state index in [2.05, 4.69) is 0 Å². The van der Waals surface area contributed by atoms with Crippen molar-refractivity contribution in [1.82, 2.24) is 0 Å². The van der Waals surface area contributed by atoms with Crippen LogP contribution in [0, 0.1) is 0 Å². The van der Waals surface area contributed by atoms with Crippen molar-refractivity contribution in [3.05, 3.63) is 22.4 Å². The van der Waals surface area contributed by atoms with Gasteiger partial charge in [-0.3, -0.25) is 0 Å². The van der Waals surface area contributed by atoms with Crippen LogP contribution in [0.15, 0.2) is 17.5 Å². The van der Waals surface area contributed by atoms with Crippen molar-refractivity contribution in [2.45, 2.75) is 18.9 Å². The second kappa shape index (κ2) is 6.56. The van der Waals surface area contributed by atoms with Gasteiger partial charge in [-0.2, -0.15) is 0 Å². The van der Waals surface area contributed by atoms with Gasteiger partial charge in [0.15, 0.2) is 0 Å². The predicted octanol–water partition coefficient (Wildman–Crippen LogP) is -2.68. The molecule has 0 bridgehead atoms. The molecule has 0 radical (unpaired) electrons. The predicted molar refractivity (Wildman–Crippen MR) is 43.5 cm³/mol. The van der Waals surface area contributed by atoms with Crippen LogP contribution in [0.3, 0.4) is 0 Å². The summed E-state index contributed by atoms with van der Waals surface area (Å²) >= 11 is 1.42. The van der Waals surface area contributed by atoms with Gasteiger partial charge in [0.25, 0.3) is 0 Å². The molecule has 0 aliphatic heterocycles. The first-order valence-corrected chi connectivity index (χ1v) is 4.49. The van der Waals surface area contributed by atoms with Gasteiger partial charge in [0.05, 0.1) is 6.10 Å². The van der Waals surface area contributed by atoms with Crippen LogP contribution in [0.5, 0.6) is 0 Å². The summed E-state index contributed by atoms with van der Waals surface area (Å²) in [6.07, 6.45) is -0.537. The number of carbonyl (C=O) groups is 1. The fraction of sp³-hybridized carbons (Fsp3) is 0.375. The Kier molecular flexibility index (Phi) is 6.63. The fourth-order valence-corrected chi connectivity index (χ4v) is 1.62. The zero-order valence-electron chi connectivity index (χ0n) is 7.40. The molecule has 1 N–H and O–H groups in total. The summed E-state index contributed by atoms with van der Waals surface area (Å²) in [5.41, 5.74) is 0. The van der Waals surface area contributed by atoms with Gasteiger partial charge >= 0.3 is 29.6 Å². The molecule has 1 unspecified atom stereocenters. The molecule has 5 heteroatoms. The number of hydrogen-bond donors (Lipinski definition) is 1. The van der Waals surface area contributed by atoms with E-state index in [4.69, 9.17) is 0 Å². The molecule has 1 atom stereocenters. The minimum atomic E-state index is -1.12. The van der Waals surface area contributed by atoms with E-state index in [0.29, 0.717) is 0 Å². The second-order valence-corrected chi connectivity index (χ2v) is 3.42. The molecule has 0 saturated heterocycles. The number of carboxylic acid groups (broad SMARTS) is 1. The van der Waals surface area contributed by atoms with Crippen LogP contribution >= 0.6 is 11.3 Å². The molecule has 3 nitrogen and oxygen atoms in total. The molecule has 0 aliphatic carbocycles. The Morgan fingerprint density at radius 3 is 2.85 bits per heavy atom. The number of carbonyl (C=O) groups excluding carboxylic acids is 1. The van der Waals surface area contributed by atoms with Crippen LogP contribution in [0.1, 0.15) is 23.8 Å². The van der Waals surface area contributed by atoms with Gasteiger partial charge in [0.1, 0.15) is 0 Å². The Balaban J connectivity index is 0.00000144. The molecular weight excluding hydrogens is 199 g/mol. The van der Waals surface area contributed by atoms with E-state index in [1.165, 1.54) is 11.3 Å². The molecule has 66 valence electrons. The van der Waals surface area contributed by atoms with Crippen LogP contribution < -0.4 is 34.7 Å². The van der Waals surface area contributed by atoms with Crippen molar-refractivity contribution >= 4 is 17.3 Å². The van der Waals surface area contributed by atoms with E-state index in [9.17, 15) is 15.0 Å². The summed E-state index contributed by atoms with van der Waals surface area (Å²) < 4.78 is 0. The third-order valence-electron chi connectivity index (χ3n) is 1.49. The van der Waals surface area contributed by atoms with Gasteiger partial charge in [0.2, 0.25) is 0 Å². The van der Waals surface area contributed by atoms with Crippen molar-refractivity contribution in [3.8, 4) is 0 Å². The molecule has 0 aliphatic rings. The summed E-state index contributed by atoms with van der Waals surface area (Å²) in [7, 11) is 0. The maximum absolute atomic E-state index is 10.1. The van der Waals surface area contributed by atoms with Crippen molar-refractivity contribution < 1.29 is 44.6 Å². The molecule has 0 saturated carbocycles. The van der Waals surface area contributed by atoms with Crippen molar-refractivity contribution in [2.24, 2.45) is 0 Å². The summed E-state index contributed by atoms with van der Waals surface area (Å²) in [5.74, 6) is -1.12. The average Bonchev–Trinajstić information content (AvgIpc) is 2.51. The quantitative estimate of drug-likeness (QED) is 0.548. The minimum Gasteiger partial charge on any atom is -0.550 e. The van der Waals surface area contributed by atoms with Crippen molar-refractivity contribution in [1.29, 1.82) is 0 Å². The maximum Gasteiger partial charge on any atom is 1.00 e. The van der Waals surface area contributed by atoms with Crippen molar-refractivity contribution in [3.63, 3.8) is 0 Å². The van der Waals surface area contributed by atoms with Gasteiger partial charge in [-0.25, -0.2) is 0 Å². The van der Waals surface area contributed by atoms with Crippen LogP contribution in [-0.4, -0.2) is 11.1 Å². The summed E-state index contributed by atoms with van der Waals surface area (Å²) in [4.78, 5) is 10.9. The second-order valence-electron chi connectivity index (χ2n) is 2.44. The zero-order valence-corrected chi connectivity index (χ0v) is 10.2. The Morgan fingerprint density at radius 1 is 1.69 bits per heavy atom. The number of aliphatic hydroxyl groups excluding tert-OH is 1. The number of rotatable bonds is 4. The molecule has 1 aromatic rings. The first-order chi connectivity index (χ1) is 5.70. The van der Waals surface area contributed by atoms with Gasteiger partial charge in [-0.15, -0.1) is 11.3 Å². The van der Waals surface area contributed by atoms with E-state index in [1.54, 1.807) is 6.07 Å². The Bertz CT molecular complexity index is 248. The largest absolute Gasteiger partial charge is 1.00 e. The van der Waals surface area contributed by atoms with Gasteiger partial charge in [-0.05, 0) is 24.3 Å². The van der Waals surface area contributed by atoms with E-state index in [0.717, 1.165) is 4.88 Å². The zero-order chi connectivity index (χ0) is 8.97. The van der Waals surface area contributed by atoms with Crippen LogP contribution in [0.25, 0.3) is 0 Å². The minimum absolute atomic E-state index is 0. The standard InChI is InChI=1S/C8H10O3S.Na/c9-6(3-4-8(10)11)7-2-1-5-12-7;/h1-2,5-6,9H,3-4H2,(H,10,11);/q;+1/p-1. The molecule has 0 amide bonds. The van der Waals surface area contributed by atoms with Gasteiger partial charge in [-0.1, -0.05) is 6.07 Å². The Hall–Kier alpha value is 0.130. The summed E-state index contributed by atoms with van der Waals surface area (Å²) in [6, 6.07) is 3.60. The third kappa shape index (κ3) is 4.78. The Morgan fingerprint density at radius 2 is 2.38 bits per heavy atom. The van der Waals surface area contributed by atoms with Crippen molar-refractivity contribution in [2.75, 3.05) is 0 Å². The molecule has 1 aromatic heterocycles. The third-order valence-corrected chi connectivity index (χ3v) is 2.47. The van der Waals surface area contributed by atoms with E-state index in [-0.39, 0.29) is 42.4 Å². The summed E-state index contributed by atoms with van der Waals surface area (Å²) in [6.45, 7) is 0. The molecule has 1 heterocycles. The topological polar surface area (TPSA) is 60.4 Å². The van der Waals surface area contributed by atoms with E-state index < -0.39 is 12.1 Å². The normalized spacial score (nSPS) is 11.8.